The lowest BCUT2D eigenvalue weighted by Crippen LogP contribution is -2.30. The second kappa shape index (κ2) is 8.26. The van der Waals surface area contributed by atoms with E-state index in [-0.39, 0.29) is 37.6 Å². The van der Waals surface area contributed by atoms with Crippen molar-refractivity contribution in [2.75, 3.05) is 13.2 Å². The predicted octanol–water partition coefficient (Wildman–Crippen LogP) is 1.19. The molecule has 0 saturated heterocycles. The minimum absolute atomic E-state index is 0.0981. The molecule has 0 saturated carbocycles. The van der Waals surface area contributed by atoms with Gasteiger partial charge in [-0.3, -0.25) is 9.59 Å². The van der Waals surface area contributed by atoms with Crippen molar-refractivity contribution in [1.82, 2.24) is 5.32 Å². The lowest BCUT2D eigenvalue weighted by Gasteiger charge is -2.13. The number of aliphatic hydroxyl groups excluding tert-OH is 1. The van der Waals surface area contributed by atoms with Gasteiger partial charge in [-0.25, -0.2) is 0 Å². The van der Waals surface area contributed by atoms with E-state index < -0.39 is 12.1 Å². The summed E-state index contributed by atoms with van der Waals surface area (Å²) in [6.45, 7) is 3.57. The second-order valence-corrected chi connectivity index (χ2v) is 4.68. The summed E-state index contributed by atoms with van der Waals surface area (Å²) >= 11 is 0. The highest BCUT2D eigenvalue weighted by Crippen LogP contribution is 2.24. The summed E-state index contributed by atoms with van der Waals surface area (Å²) in [4.78, 5) is 22.6. The Morgan fingerprint density at radius 2 is 2.10 bits per heavy atom. The fourth-order valence-corrected chi connectivity index (χ4v) is 1.93. The van der Waals surface area contributed by atoms with E-state index in [1.165, 1.54) is 6.07 Å². The Morgan fingerprint density at radius 3 is 2.71 bits per heavy atom. The zero-order chi connectivity index (χ0) is 15.8. The van der Waals surface area contributed by atoms with E-state index in [1.807, 2.05) is 0 Å². The molecule has 1 aromatic carbocycles. The van der Waals surface area contributed by atoms with Gasteiger partial charge >= 0.3 is 5.97 Å². The second-order valence-electron chi connectivity index (χ2n) is 4.68. The summed E-state index contributed by atoms with van der Waals surface area (Å²) < 4.78 is 4.69. The lowest BCUT2D eigenvalue weighted by molar-refractivity contribution is -0.143. The number of phenols is 1. The van der Waals surface area contributed by atoms with Gasteiger partial charge in [-0.1, -0.05) is 6.07 Å². The molecular weight excluding hydrogens is 274 g/mol. The minimum atomic E-state index is -0.793. The maximum atomic E-state index is 11.6. The number of aryl methyl sites for hydroxylation is 1. The van der Waals surface area contributed by atoms with Crippen molar-refractivity contribution in [3.63, 3.8) is 0 Å². The van der Waals surface area contributed by atoms with Gasteiger partial charge in [-0.2, -0.15) is 0 Å². The van der Waals surface area contributed by atoms with E-state index >= 15 is 0 Å². The number of benzene rings is 1. The van der Waals surface area contributed by atoms with Gasteiger partial charge < -0.3 is 20.3 Å². The standard InChI is InChI=1S/C15H21NO5/c1-3-21-15(20)9-16-14(19)7-6-13(18)12-5-4-11(17)8-10(12)2/h4-5,8,13,17-18H,3,6-7,9H2,1-2H3,(H,16,19). The first-order valence-corrected chi connectivity index (χ1v) is 6.84. The fourth-order valence-electron chi connectivity index (χ4n) is 1.93. The van der Waals surface area contributed by atoms with Gasteiger partial charge in [0.25, 0.3) is 0 Å². The van der Waals surface area contributed by atoms with Gasteiger partial charge in [-0.05, 0) is 43.5 Å². The number of carbonyl (C=O) groups is 2. The average molecular weight is 295 g/mol. The van der Waals surface area contributed by atoms with E-state index in [0.29, 0.717) is 5.56 Å². The van der Waals surface area contributed by atoms with Crippen LogP contribution in [0.4, 0.5) is 0 Å². The molecule has 1 aromatic rings. The molecule has 6 nitrogen and oxygen atoms in total. The van der Waals surface area contributed by atoms with Gasteiger partial charge in [0.05, 0.1) is 12.7 Å². The van der Waals surface area contributed by atoms with Crippen molar-refractivity contribution in [1.29, 1.82) is 0 Å². The number of nitrogens with one attached hydrogen (secondary N) is 1. The Labute approximate surface area is 123 Å². The summed E-state index contributed by atoms with van der Waals surface area (Å²) in [5.41, 5.74) is 1.43. The Kier molecular flexibility index (Phi) is 6.68. The molecule has 0 heterocycles. The third-order valence-corrected chi connectivity index (χ3v) is 2.99. The monoisotopic (exact) mass is 295 g/mol. The molecule has 0 aliphatic heterocycles. The zero-order valence-electron chi connectivity index (χ0n) is 12.3. The summed E-state index contributed by atoms with van der Waals surface area (Å²) in [6.07, 6.45) is -0.458. The molecule has 0 aliphatic rings. The van der Waals surface area contributed by atoms with Crippen molar-refractivity contribution in [3.8, 4) is 5.75 Å². The van der Waals surface area contributed by atoms with Crippen LogP contribution >= 0.6 is 0 Å². The van der Waals surface area contributed by atoms with Crippen LogP contribution in [0.15, 0.2) is 18.2 Å². The van der Waals surface area contributed by atoms with E-state index in [4.69, 9.17) is 0 Å². The molecule has 3 N–H and O–H groups in total. The van der Waals surface area contributed by atoms with Crippen LogP contribution in [0.2, 0.25) is 0 Å². The van der Waals surface area contributed by atoms with Crippen molar-refractivity contribution < 1.29 is 24.5 Å². The molecule has 1 unspecified atom stereocenters. The van der Waals surface area contributed by atoms with E-state index in [0.717, 1.165) is 5.56 Å². The highest BCUT2D eigenvalue weighted by atomic mass is 16.5. The fraction of sp³-hybridized carbons (Fsp3) is 0.467. The molecule has 0 bridgehead atoms. The van der Waals surface area contributed by atoms with Crippen LogP contribution in [-0.4, -0.2) is 35.2 Å². The summed E-state index contributed by atoms with van der Waals surface area (Å²) in [5.74, 6) is -0.671. The van der Waals surface area contributed by atoms with Crippen LogP contribution in [0.25, 0.3) is 0 Å². The zero-order valence-corrected chi connectivity index (χ0v) is 12.3. The number of aliphatic hydroxyl groups is 1. The van der Waals surface area contributed by atoms with E-state index in [9.17, 15) is 19.8 Å². The number of hydrogen-bond donors (Lipinski definition) is 3. The van der Waals surface area contributed by atoms with Gasteiger partial charge in [0.1, 0.15) is 12.3 Å². The number of aromatic hydroxyl groups is 1. The van der Waals surface area contributed by atoms with Crippen molar-refractivity contribution >= 4 is 11.9 Å². The Balaban J connectivity index is 2.40. The molecule has 0 aromatic heterocycles. The van der Waals surface area contributed by atoms with Crippen LogP contribution in [0.5, 0.6) is 5.75 Å². The van der Waals surface area contributed by atoms with Crippen molar-refractivity contribution in [2.24, 2.45) is 0 Å². The SMILES string of the molecule is CCOC(=O)CNC(=O)CCC(O)c1ccc(O)cc1C. The normalized spacial score (nSPS) is 11.8. The number of amides is 1. The summed E-state index contributed by atoms with van der Waals surface area (Å²) in [6, 6.07) is 4.68. The number of rotatable bonds is 7. The highest BCUT2D eigenvalue weighted by Gasteiger charge is 2.13. The number of carbonyl (C=O) groups excluding carboxylic acids is 2. The molecule has 0 aliphatic carbocycles. The highest BCUT2D eigenvalue weighted by molar-refractivity contribution is 5.81. The Hall–Kier alpha value is -2.08. The molecular formula is C15H21NO5. The molecule has 0 fully saturated rings. The van der Waals surface area contributed by atoms with E-state index in [1.54, 1.807) is 26.0 Å². The Morgan fingerprint density at radius 1 is 1.38 bits per heavy atom. The average Bonchev–Trinajstić information content (AvgIpc) is 2.43. The smallest absolute Gasteiger partial charge is 0.325 e. The molecule has 21 heavy (non-hydrogen) atoms. The van der Waals surface area contributed by atoms with Gasteiger partial charge in [0, 0.05) is 6.42 Å². The first kappa shape index (κ1) is 17.0. The topological polar surface area (TPSA) is 95.9 Å². The molecule has 0 spiro atoms. The van der Waals surface area contributed by atoms with E-state index in [2.05, 4.69) is 10.1 Å². The van der Waals surface area contributed by atoms with Gasteiger partial charge in [0.2, 0.25) is 5.91 Å². The number of ether oxygens (including phenoxy) is 1. The summed E-state index contributed by atoms with van der Waals surface area (Å²) in [7, 11) is 0. The molecule has 1 atom stereocenters. The Bertz CT molecular complexity index is 501. The largest absolute Gasteiger partial charge is 0.508 e. The van der Waals surface area contributed by atoms with Crippen LogP contribution in [0.3, 0.4) is 0 Å². The third-order valence-electron chi connectivity index (χ3n) is 2.99. The van der Waals surface area contributed by atoms with Gasteiger partial charge in [0.15, 0.2) is 0 Å². The molecule has 0 radical (unpaired) electrons. The van der Waals surface area contributed by atoms with Crippen LogP contribution in [0, 0.1) is 6.92 Å². The van der Waals surface area contributed by atoms with Crippen LogP contribution < -0.4 is 5.32 Å². The van der Waals surface area contributed by atoms with Crippen LogP contribution in [-0.2, 0) is 14.3 Å². The minimum Gasteiger partial charge on any atom is -0.508 e. The molecule has 6 heteroatoms. The molecule has 1 rings (SSSR count). The van der Waals surface area contributed by atoms with Gasteiger partial charge in [-0.15, -0.1) is 0 Å². The number of phenolic OH excluding ortho intramolecular Hbond substituents is 1. The first-order valence-electron chi connectivity index (χ1n) is 6.84. The number of hydrogen-bond acceptors (Lipinski definition) is 5. The molecule has 1 amide bonds. The van der Waals surface area contributed by atoms with Crippen LogP contribution in [0.1, 0.15) is 37.0 Å². The third kappa shape index (κ3) is 5.83. The van der Waals surface area contributed by atoms with Crippen molar-refractivity contribution in [2.45, 2.75) is 32.8 Å². The quantitative estimate of drug-likeness (QED) is 0.657. The predicted molar refractivity (Wildman–Crippen MR) is 76.7 cm³/mol. The van der Waals surface area contributed by atoms with Crippen molar-refractivity contribution in [3.05, 3.63) is 29.3 Å². The maximum absolute atomic E-state index is 11.6. The summed E-state index contributed by atoms with van der Waals surface area (Å²) in [5, 5.41) is 21.8. The lowest BCUT2D eigenvalue weighted by atomic mass is 9.99. The first-order chi connectivity index (χ1) is 9.93. The number of esters is 1. The molecule has 116 valence electrons. The maximum Gasteiger partial charge on any atom is 0.325 e.